The minimum Gasteiger partial charge on any atom is -0.372 e. The molecule has 4 N–H and O–H groups in total. The van der Waals surface area contributed by atoms with Crippen molar-refractivity contribution < 1.29 is 4.79 Å². The lowest BCUT2D eigenvalue weighted by Gasteiger charge is -2.07. The number of carbonyl (C=O) groups is 1. The number of fused-ring (bicyclic) bond motifs is 1. The second-order valence-electron chi connectivity index (χ2n) is 5.28. The molecule has 23 heavy (non-hydrogen) atoms. The Kier molecular flexibility index (Phi) is 5.76. The van der Waals surface area contributed by atoms with Gasteiger partial charge in [-0.05, 0) is 35.7 Å². The molecule has 0 atom stereocenters. The first-order valence-corrected chi connectivity index (χ1v) is 7.99. The first-order chi connectivity index (χ1) is 11.0. The van der Waals surface area contributed by atoms with Gasteiger partial charge in [-0.3, -0.25) is 4.79 Å². The number of amides is 1. The van der Waals surface area contributed by atoms with Crippen molar-refractivity contribution in [3.8, 4) is 0 Å². The number of hydrogen-bond donors (Lipinski definition) is 3. The standard InChI is InChI=1S/C16H16BrN3.CH3NO/c1-10(2)11-3-6-16(19-8-11)20-15-9-18-14-5-4-12(17)7-13(14)15;2-1-3/h3-10,18H,1-2H3,(H,19,20);1H,(H2,2,3). The highest BCUT2D eigenvalue weighted by molar-refractivity contribution is 9.10. The number of nitrogens with zero attached hydrogens (tertiary/aromatic N) is 1. The van der Waals surface area contributed by atoms with Crippen molar-refractivity contribution >= 4 is 44.7 Å². The number of carbonyl (C=O) groups excluding carboxylic acids is 1. The Morgan fingerprint density at radius 2 is 2.04 bits per heavy atom. The van der Waals surface area contributed by atoms with E-state index >= 15 is 0 Å². The minimum atomic E-state index is 0.250. The first-order valence-electron chi connectivity index (χ1n) is 7.20. The van der Waals surface area contributed by atoms with Crippen molar-refractivity contribution in [2.75, 3.05) is 5.32 Å². The second-order valence-corrected chi connectivity index (χ2v) is 6.20. The van der Waals surface area contributed by atoms with Gasteiger partial charge in [0.25, 0.3) is 0 Å². The average Bonchev–Trinajstić information content (AvgIpc) is 2.91. The van der Waals surface area contributed by atoms with Crippen molar-refractivity contribution in [2.45, 2.75) is 19.8 Å². The number of aromatic nitrogens is 2. The molecule has 3 aromatic rings. The van der Waals surface area contributed by atoms with Gasteiger partial charge in [-0.25, -0.2) is 4.98 Å². The molecule has 0 saturated heterocycles. The highest BCUT2D eigenvalue weighted by Crippen LogP contribution is 2.28. The zero-order valence-corrected chi connectivity index (χ0v) is 14.6. The smallest absolute Gasteiger partial charge is 0.204 e. The van der Waals surface area contributed by atoms with Gasteiger partial charge in [0, 0.05) is 27.8 Å². The van der Waals surface area contributed by atoms with E-state index in [9.17, 15) is 0 Å². The van der Waals surface area contributed by atoms with Gasteiger partial charge in [0.05, 0.1) is 5.69 Å². The molecule has 0 aliphatic carbocycles. The molecule has 0 fully saturated rings. The van der Waals surface area contributed by atoms with E-state index in [1.54, 1.807) is 0 Å². The van der Waals surface area contributed by atoms with Crippen LogP contribution in [0.2, 0.25) is 0 Å². The molecule has 2 heterocycles. The maximum Gasteiger partial charge on any atom is 0.204 e. The Labute approximate surface area is 143 Å². The Morgan fingerprint density at radius 1 is 1.30 bits per heavy atom. The molecule has 1 amide bonds. The molecule has 0 saturated carbocycles. The van der Waals surface area contributed by atoms with Gasteiger partial charge in [-0.1, -0.05) is 35.8 Å². The Balaban J connectivity index is 0.000000595. The number of halogens is 1. The lowest BCUT2D eigenvalue weighted by atomic mass is 10.1. The van der Waals surface area contributed by atoms with Crippen LogP contribution in [0.5, 0.6) is 0 Å². The molecule has 120 valence electrons. The molecular weight excluding hydrogens is 356 g/mol. The number of primary amides is 1. The Bertz CT molecular complexity index is 781. The summed E-state index contributed by atoms with van der Waals surface area (Å²) in [7, 11) is 0. The third-order valence-electron chi connectivity index (χ3n) is 3.36. The fraction of sp³-hybridized carbons (Fsp3) is 0.176. The zero-order valence-electron chi connectivity index (χ0n) is 13.0. The van der Waals surface area contributed by atoms with Crippen molar-refractivity contribution in [3.63, 3.8) is 0 Å². The molecule has 0 aliphatic rings. The van der Waals surface area contributed by atoms with Gasteiger partial charge >= 0.3 is 0 Å². The van der Waals surface area contributed by atoms with Gasteiger partial charge in [0.2, 0.25) is 6.41 Å². The van der Waals surface area contributed by atoms with E-state index in [1.165, 1.54) is 5.56 Å². The zero-order chi connectivity index (χ0) is 16.8. The van der Waals surface area contributed by atoms with Gasteiger partial charge in [0.15, 0.2) is 0 Å². The number of H-pyrrole nitrogens is 1. The van der Waals surface area contributed by atoms with Crippen LogP contribution in [0.25, 0.3) is 10.9 Å². The minimum absolute atomic E-state index is 0.250. The highest BCUT2D eigenvalue weighted by Gasteiger charge is 2.06. The van der Waals surface area contributed by atoms with E-state index < -0.39 is 0 Å². The van der Waals surface area contributed by atoms with Crippen molar-refractivity contribution in [1.82, 2.24) is 9.97 Å². The van der Waals surface area contributed by atoms with E-state index in [-0.39, 0.29) is 6.41 Å². The van der Waals surface area contributed by atoms with Crippen molar-refractivity contribution in [2.24, 2.45) is 5.73 Å². The van der Waals surface area contributed by atoms with Crippen molar-refractivity contribution in [3.05, 3.63) is 52.8 Å². The number of anilines is 2. The Morgan fingerprint density at radius 3 is 2.65 bits per heavy atom. The monoisotopic (exact) mass is 374 g/mol. The molecular formula is C17H19BrN4O. The topological polar surface area (TPSA) is 83.8 Å². The summed E-state index contributed by atoms with van der Waals surface area (Å²) < 4.78 is 1.07. The number of nitrogens with one attached hydrogen (secondary N) is 2. The van der Waals surface area contributed by atoms with Crippen LogP contribution in [-0.2, 0) is 4.79 Å². The van der Waals surface area contributed by atoms with Crippen LogP contribution in [0.4, 0.5) is 11.5 Å². The van der Waals surface area contributed by atoms with Crippen LogP contribution in [-0.4, -0.2) is 16.4 Å². The van der Waals surface area contributed by atoms with Gasteiger partial charge in [-0.15, -0.1) is 0 Å². The number of pyridine rings is 1. The molecule has 0 aliphatic heterocycles. The quantitative estimate of drug-likeness (QED) is 0.597. The summed E-state index contributed by atoms with van der Waals surface area (Å²) in [6, 6.07) is 10.3. The third kappa shape index (κ3) is 4.32. The molecule has 5 nitrogen and oxygen atoms in total. The average molecular weight is 375 g/mol. The van der Waals surface area contributed by atoms with Gasteiger partial charge in [0.1, 0.15) is 5.82 Å². The largest absolute Gasteiger partial charge is 0.372 e. The molecule has 0 bridgehead atoms. The SMILES string of the molecule is CC(C)c1ccc(Nc2c[nH]c3ccc(Br)cc23)nc1.NC=O. The molecule has 6 heteroatoms. The number of rotatable bonds is 3. The highest BCUT2D eigenvalue weighted by atomic mass is 79.9. The molecule has 2 aromatic heterocycles. The summed E-state index contributed by atoms with van der Waals surface area (Å²) in [4.78, 5) is 16.3. The predicted octanol–water partition coefficient (Wildman–Crippen LogP) is 4.29. The fourth-order valence-electron chi connectivity index (χ4n) is 2.16. The summed E-state index contributed by atoms with van der Waals surface area (Å²) >= 11 is 3.50. The number of benzene rings is 1. The summed E-state index contributed by atoms with van der Waals surface area (Å²) in [5.74, 6) is 1.36. The van der Waals surface area contributed by atoms with Crippen molar-refractivity contribution in [1.29, 1.82) is 0 Å². The van der Waals surface area contributed by atoms with Gasteiger partial charge < -0.3 is 16.0 Å². The number of nitrogens with two attached hydrogens (primary N) is 1. The predicted molar refractivity (Wildman–Crippen MR) is 97.9 cm³/mol. The van der Waals surface area contributed by atoms with Crippen LogP contribution in [0.3, 0.4) is 0 Å². The van der Waals surface area contributed by atoms with Crippen LogP contribution in [0, 0.1) is 0 Å². The lowest BCUT2D eigenvalue weighted by Crippen LogP contribution is -1.94. The molecule has 0 spiro atoms. The second kappa shape index (κ2) is 7.78. The lowest BCUT2D eigenvalue weighted by molar-refractivity contribution is -0.106. The summed E-state index contributed by atoms with van der Waals surface area (Å²) in [5.41, 5.74) is 7.55. The van der Waals surface area contributed by atoms with Crippen LogP contribution >= 0.6 is 15.9 Å². The Hall–Kier alpha value is -2.34. The summed E-state index contributed by atoms with van der Waals surface area (Å²) in [6.45, 7) is 4.34. The van der Waals surface area contributed by atoms with Crippen LogP contribution in [0.1, 0.15) is 25.3 Å². The van der Waals surface area contributed by atoms with E-state index in [0.29, 0.717) is 5.92 Å². The number of aromatic amines is 1. The maximum absolute atomic E-state index is 8.58. The molecule has 0 unspecified atom stereocenters. The van der Waals surface area contributed by atoms with E-state index in [0.717, 1.165) is 26.9 Å². The third-order valence-corrected chi connectivity index (χ3v) is 3.85. The molecule has 3 rings (SSSR count). The summed E-state index contributed by atoms with van der Waals surface area (Å²) in [6.07, 6.45) is 4.15. The van der Waals surface area contributed by atoms with Crippen LogP contribution < -0.4 is 11.1 Å². The van der Waals surface area contributed by atoms with Gasteiger partial charge in [-0.2, -0.15) is 0 Å². The molecule has 1 aromatic carbocycles. The fourth-order valence-corrected chi connectivity index (χ4v) is 2.52. The van der Waals surface area contributed by atoms with E-state index in [1.807, 2.05) is 24.5 Å². The summed E-state index contributed by atoms with van der Waals surface area (Å²) in [5, 5.41) is 4.50. The molecule has 0 radical (unpaired) electrons. The first kappa shape index (κ1) is 17.0. The van der Waals surface area contributed by atoms with E-state index in [2.05, 4.69) is 69.0 Å². The van der Waals surface area contributed by atoms with Crippen LogP contribution in [0.15, 0.2) is 47.2 Å². The van der Waals surface area contributed by atoms with E-state index in [4.69, 9.17) is 4.79 Å². The number of hydrogen-bond acceptors (Lipinski definition) is 3. The maximum atomic E-state index is 8.58. The normalized spacial score (nSPS) is 10.3.